The van der Waals surface area contributed by atoms with Gasteiger partial charge in [-0.3, -0.25) is 4.68 Å². The molecule has 0 amide bonds. The molecule has 1 unspecified atom stereocenters. The molecule has 0 aliphatic heterocycles. The summed E-state index contributed by atoms with van der Waals surface area (Å²) in [4.78, 5) is 0. The maximum atomic E-state index is 13.3. The lowest BCUT2D eigenvalue weighted by atomic mass is 10.2. The molecule has 1 aromatic rings. The van der Waals surface area contributed by atoms with Crippen LogP contribution in [0.1, 0.15) is 18.8 Å². The highest BCUT2D eigenvalue weighted by atomic mass is 19.1. The number of hydrogen-bond donors (Lipinski definition) is 1. The largest absolute Gasteiger partial charge is 0.493 e. The molecular formula is C8H14FN3O. The molecular weight excluding hydrogens is 173 g/mol. The van der Waals surface area contributed by atoms with Crippen molar-refractivity contribution in [3.05, 3.63) is 11.9 Å². The van der Waals surface area contributed by atoms with E-state index in [0.717, 1.165) is 0 Å². The van der Waals surface area contributed by atoms with Crippen molar-refractivity contribution in [2.75, 3.05) is 13.7 Å². The van der Waals surface area contributed by atoms with Gasteiger partial charge in [-0.1, -0.05) is 0 Å². The van der Waals surface area contributed by atoms with Crippen LogP contribution in [0.3, 0.4) is 0 Å². The first-order valence-corrected chi connectivity index (χ1v) is 4.18. The van der Waals surface area contributed by atoms with Crippen molar-refractivity contribution in [3.63, 3.8) is 0 Å². The van der Waals surface area contributed by atoms with Crippen LogP contribution in [-0.4, -0.2) is 23.4 Å². The molecule has 0 spiro atoms. The number of aryl methyl sites for hydroxylation is 1. The van der Waals surface area contributed by atoms with E-state index in [4.69, 9.17) is 10.5 Å². The first kappa shape index (κ1) is 9.98. The van der Waals surface area contributed by atoms with Crippen LogP contribution >= 0.6 is 0 Å². The minimum Gasteiger partial charge on any atom is -0.493 e. The Morgan fingerprint density at radius 1 is 1.77 bits per heavy atom. The number of hydrogen-bond acceptors (Lipinski definition) is 3. The number of alkyl halides is 1. The fourth-order valence-electron chi connectivity index (χ4n) is 1.21. The molecule has 4 nitrogen and oxygen atoms in total. The molecule has 5 heteroatoms. The predicted molar refractivity (Wildman–Crippen MR) is 47.4 cm³/mol. The molecule has 13 heavy (non-hydrogen) atoms. The van der Waals surface area contributed by atoms with E-state index < -0.39 is 6.17 Å². The fourth-order valence-corrected chi connectivity index (χ4v) is 1.21. The number of nitrogens with zero attached hydrogens (tertiary/aromatic N) is 2. The maximum absolute atomic E-state index is 13.3. The quantitative estimate of drug-likeness (QED) is 0.761. The van der Waals surface area contributed by atoms with E-state index in [2.05, 4.69) is 5.10 Å². The molecule has 1 heterocycles. The summed E-state index contributed by atoms with van der Waals surface area (Å²) >= 11 is 0. The Morgan fingerprint density at radius 2 is 2.46 bits per heavy atom. The molecule has 0 saturated carbocycles. The summed E-state index contributed by atoms with van der Waals surface area (Å²) < 4.78 is 19.9. The van der Waals surface area contributed by atoms with Crippen LogP contribution < -0.4 is 10.5 Å². The van der Waals surface area contributed by atoms with Gasteiger partial charge in [0.25, 0.3) is 0 Å². The van der Waals surface area contributed by atoms with Crippen molar-refractivity contribution in [3.8, 4) is 5.75 Å². The Balaban J connectivity index is 3.04. The minimum atomic E-state index is -1.21. The van der Waals surface area contributed by atoms with Gasteiger partial charge in [-0.15, -0.1) is 0 Å². The Morgan fingerprint density at radius 3 is 2.92 bits per heavy atom. The van der Waals surface area contributed by atoms with Crippen LogP contribution in [-0.2, 0) is 6.54 Å². The van der Waals surface area contributed by atoms with E-state index >= 15 is 0 Å². The van der Waals surface area contributed by atoms with Gasteiger partial charge < -0.3 is 10.5 Å². The van der Waals surface area contributed by atoms with Gasteiger partial charge in [-0.2, -0.15) is 5.10 Å². The number of nitrogens with two attached hydrogens (primary N) is 1. The SMILES string of the molecule is CCn1ncc(OC)c1C(F)CN. The summed E-state index contributed by atoms with van der Waals surface area (Å²) in [6, 6.07) is 0. The average molecular weight is 187 g/mol. The lowest BCUT2D eigenvalue weighted by Crippen LogP contribution is -2.13. The molecule has 2 N–H and O–H groups in total. The molecule has 74 valence electrons. The van der Waals surface area contributed by atoms with Crippen LogP contribution in [0.5, 0.6) is 5.75 Å². The summed E-state index contributed by atoms with van der Waals surface area (Å²) in [6.45, 7) is 2.44. The van der Waals surface area contributed by atoms with Gasteiger partial charge >= 0.3 is 0 Å². The van der Waals surface area contributed by atoms with E-state index in [0.29, 0.717) is 18.0 Å². The van der Waals surface area contributed by atoms with Gasteiger partial charge in [-0.25, -0.2) is 4.39 Å². The highest BCUT2D eigenvalue weighted by molar-refractivity contribution is 5.27. The van der Waals surface area contributed by atoms with Gasteiger partial charge in [0.05, 0.1) is 13.3 Å². The van der Waals surface area contributed by atoms with Crippen LogP contribution in [0.2, 0.25) is 0 Å². The normalized spacial score (nSPS) is 12.9. The summed E-state index contributed by atoms with van der Waals surface area (Å²) in [6.07, 6.45) is 0.290. The maximum Gasteiger partial charge on any atom is 0.163 e. The van der Waals surface area contributed by atoms with Crippen LogP contribution in [0.4, 0.5) is 4.39 Å². The van der Waals surface area contributed by atoms with E-state index in [1.54, 1.807) is 4.68 Å². The van der Waals surface area contributed by atoms with Gasteiger partial charge in [-0.05, 0) is 6.92 Å². The summed E-state index contributed by atoms with van der Waals surface area (Å²) in [5, 5.41) is 3.97. The third-order valence-electron chi connectivity index (χ3n) is 1.87. The summed E-state index contributed by atoms with van der Waals surface area (Å²) in [5.41, 5.74) is 5.66. The van der Waals surface area contributed by atoms with Crippen LogP contribution in [0.25, 0.3) is 0 Å². The van der Waals surface area contributed by atoms with E-state index in [1.165, 1.54) is 13.3 Å². The number of rotatable bonds is 4. The molecule has 1 aromatic heterocycles. The Hall–Kier alpha value is -1.10. The van der Waals surface area contributed by atoms with Gasteiger partial charge in [0.1, 0.15) is 5.69 Å². The van der Waals surface area contributed by atoms with E-state index in [9.17, 15) is 4.39 Å². The molecule has 0 saturated heterocycles. The molecule has 0 aliphatic rings. The highest BCUT2D eigenvalue weighted by Crippen LogP contribution is 2.26. The zero-order valence-electron chi connectivity index (χ0n) is 7.83. The number of halogens is 1. The lowest BCUT2D eigenvalue weighted by molar-refractivity contribution is 0.311. The summed E-state index contributed by atoms with van der Waals surface area (Å²) in [5.74, 6) is 0.458. The monoisotopic (exact) mass is 187 g/mol. The van der Waals surface area contributed by atoms with E-state index in [-0.39, 0.29) is 6.54 Å². The van der Waals surface area contributed by atoms with Crippen molar-refractivity contribution in [2.24, 2.45) is 5.73 Å². The van der Waals surface area contributed by atoms with Crippen molar-refractivity contribution < 1.29 is 9.13 Å². The Labute approximate surface area is 76.5 Å². The Kier molecular flexibility index (Phi) is 3.25. The standard InChI is InChI=1S/C8H14FN3O/c1-3-12-8(6(9)4-10)7(13-2)5-11-12/h5-6H,3-4,10H2,1-2H3. The molecule has 1 rings (SSSR count). The number of methoxy groups -OCH3 is 1. The van der Waals surface area contributed by atoms with Crippen molar-refractivity contribution in [2.45, 2.75) is 19.6 Å². The molecule has 0 aliphatic carbocycles. The first-order chi connectivity index (χ1) is 6.24. The fraction of sp³-hybridized carbons (Fsp3) is 0.625. The van der Waals surface area contributed by atoms with Crippen molar-refractivity contribution in [1.82, 2.24) is 9.78 Å². The smallest absolute Gasteiger partial charge is 0.163 e. The Bertz CT molecular complexity index is 253. The van der Waals surface area contributed by atoms with Gasteiger partial charge in [0.15, 0.2) is 11.9 Å². The third kappa shape index (κ3) is 1.80. The van der Waals surface area contributed by atoms with Crippen LogP contribution in [0.15, 0.2) is 6.20 Å². The third-order valence-corrected chi connectivity index (χ3v) is 1.87. The minimum absolute atomic E-state index is 0.0535. The zero-order valence-corrected chi connectivity index (χ0v) is 7.83. The first-order valence-electron chi connectivity index (χ1n) is 4.18. The topological polar surface area (TPSA) is 53.1 Å². The van der Waals surface area contributed by atoms with Gasteiger partial charge in [0, 0.05) is 13.1 Å². The molecule has 0 radical (unpaired) electrons. The molecule has 0 fully saturated rings. The number of ether oxygens (including phenoxy) is 1. The molecule has 1 atom stereocenters. The van der Waals surface area contributed by atoms with E-state index in [1.807, 2.05) is 6.92 Å². The van der Waals surface area contributed by atoms with Crippen LogP contribution in [0, 0.1) is 0 Å². The second kappa shape index (κ2) is 4.23. The predicted octanol–water partition coefficient (Wildman–Crippen LogP) is 0.881. The van der Waals surface area contributed by atoms with Crippen molar-refractivity contribution in [1.29, 1.82) is 0 Å². The zero-order chi connectivity index (χ0) is 9.84. The number of aromatic nitrogens is 2. The molecule has 0 aromatic carbocycles. The highest BCUT2D eigenvalue weighted by Gasteiger charge is 2.19. The van der Waals surface area contributed by atoms with Gasteiger partial charge in [0.2, 0.25) is 0 Å². The second-order valence-electron chi connectivity index (χ2n) is 2.62. The average Bonchev–Trinajstić information content (AvgIpc) is 2.59. The summed E-state index contributed by atoms with van der Waals surface area (Å²) in [7, 11) is 1.49. The second-order valence-corrected chi connectivity index (χ2v) is 2.62. The van der Waals surface area contributed by atoms with Crippen molar-refractivity contribution >= 4 is 0 Å². The molecule has 0 bridgehead atoms. The lowest BCUT2D eigenvalue weighted by Gasteiger charge is -2.09.